The van der Waals surface area contributed by atoms with Crippen molar-refractivity contribution in [1.29, 1.82) is 0 Å². The number of benzene rings is 2. The van der Waals surface area contributed by atoms with Crippen molar-refractivity contribution in [1.82, 2.24) is 5.32 Å². The molecule has 142 valence electrons. The van der Waals surface area contributed by atoms with Gasteiger partial charge in [0.1, 0.15) is 23.3 Å². The zero-order chi connectivity index (χ0) is 19.6. The Balaban J connectivity index is 1.78. The number of amides is 2. The Morgan fingerprint density at radius 2 is 1.89 bits per heavy atom. The average molecular weight is 374 g/mol. The van der Waals surface area contributed by atoms with Crippen molar-refractivity contribution in [2.75, 3.05) is 11.9 Å². The Bertz CT molecular complexity index is 853. The van der Waals surface area contributed by atoms with Crippen molar-refractivity contribution >= 4 is 17.5 Å². The van der Waals surface area contributed by atoms with Gasteiger partial charge in [0.05, 0.1) is 11.8 Å². The van der Waals surface area contributed by atoms with E-state index >= 15 is 0 Å². The number of hydrogen-bond acceptors (Lipinski definition) is 3. The van der Waals surface area contributed by atoms with Gasteiger partial charge in [-0.25, -0.2) is 8.78 Å². The van der Waals surface area contributed by atoms with E-state index in [-0.39, 0.29) is 11.8 Å². The molecule has 7 heteroatoms. The molecule has 0 bridgehead atoms. The van der Waals surface area contributed by atoms with Crippen molar-refractivity contribution in [2.24, 2.45) is 5.92 Å². The summed E-state index contributed by atoms with van der Waals surface area (Å²) in [6.45, 7) is 4.14. The lowest BCUT2D eigenvalue weighted by molar-refractivity contribution is -0.130. The molecule has 2 aromatic carbocycles. The minimum atomic E-state index is -1.01. The lowest BCUT2D eigenvalue weighted by Crippen LogP contribution is -2.32. The fraction of sp³-hybridized carbons (Fsp3) is 0.300. The summed E-state index contributed by atoms with van der Waals surface area (Å²) < 4.78 is 32.4. The number of anilines is 1. The van der Waals surface area contributed by atoms with E-state index in [1.165, 1.54) is 0 Å². The van der Waals surface area contributed by atoms with Gasteiger partial charge >= 0.3 is 0 Å². The molecule has 0 saturated carbocycles. The summed E-state index contributed by atoms with van der Waals surface area (Å²) in [5, 5.41) is 5.05. The molecule has 2 atom stereocenters. The van der Waals surface area contributed by atoms with Crippen LogP contribution in [0.5, 0.6) is 5.75 Å². The molecule has 1 aliphatic heterocycles. The van der Waals surface area contributed by atoms with Crippen molar-refractivity contribution in [3.63, 3.8) is 0 Å². The van der Waals surface area contributed by atoms with Crippen LogP contribution in [0.25, 0.3) is 0 Å². The molecular weight excluding hydrogens is 354 g/mol. The minimum absolute atomic E-state index is 0.0368. The predicted molar refractivity (Wildman–Crippen MR) is 96.4 cm³/mol. The van der Waals surface area contributed by atoms with Crippen molar-refractivity contribution in [3.8, 4) is 5.75 Å². The highest BCUT2D eigenvalue weighted by Gasteiger charge is 2.41. The number of ether oxygens (including phenoxy) is 1. The number of rotatable bonds is 5. The van der Waals surface area contributed by atoms with Gasteiger partial charge in [-0.3, -0.25) is 9.59 Å². The maximum Gasteiger partial charge on any atom is 0.237 e. The van der Waals surface area contributed by atoms with Crippen LogP contribution in [0.2, 0.25) is 0 Å². The van der Waals surface area contributed by atoms with E-state index in [0.29, 0.717) is 18.4 Å². The first-order valence-corrected chi connectivity index (χ1v) is 8.65. The summed E-state index contributed by atoms with van der Waals surface area (Å²) in [5.74, 6) is -3.41. The lowest BCUT2D eigenvalue weighted by atomic mass is 9.88. The van der Waals surface area contributed by atoms with Gasteiger partial charge in [0, 0.05) is 18.5 Å². The Labute approximate surface area is 155 Å². The average Bonchev–Trinajstić information content (AvgIpc) is 2.99. The highest BCUT2D eigenvalue weighted by atomic mass is 19.1. The fourth-order valence-electron chi connectivity index (χ4n) is 3.10. The van der Waals surface area contributed by atoms with Crippen LogP contribution in [-0.2, 0) is 9.59 Å². The van der Waals surface area contributed by atoms with E-state index < -0.39 is 35.3 Å². The molecule has 0 aliphatic carbocycles. The van der Waals surface area contributed by atoms with Crippen LogP contribution in [0.15, 0.2) is 42.5 Å². The largest absolute Gasteiger partial charge is 0.491 e. The van der Waals surface area contributed by atoms with Gasteiger partial charge in [-0.2, -0.15) is 0 Å². The molecule has 0 unspecified atom stereocenters. The van der Waals surface area contributed by atoms with Gasteiger partial charge < -0.3 is 15.4 Å². The summed E-state index contributed by atoms with van der Waals surface area (Å²) in [5.41, 5.74) is 0.629. The lowest BCUT2D eigenvalue weighted by Gasteiger charge is -2.18. The monoisotopic (exact) mass is 374 g/mol. The van der Waals surface area contributed by atoms with Crippen LogP contribution >= 0.6 is 0 Å². The maximum absolute atomic E-state index is 13.8. The Morgan fingerprint density at radius 3 is 2.52 bits per heavy atom. The smallest absolute Gasteiger partial charge is 0.237 e. The number of carbonyl (C=O) groups excluding carboxylic acids is 2. The van der Waals surface area contributed by atoms with E-state index in [2.05, 4.69) is 10.6 Å². The van der Waals surface area contributed by atoms with Gasteiger partial charge in [0.15, 0.2) is 0 Å². The molecule has 2 aromatic rings. The molecule has 5 nitrogen and oxygen atoms in total. The Morgan fingerprint density at radius 1 is 1.19 bits per heavy atom. The number of carbonyl (C=O) groups is 2. The summed E-state index contributed by atoms with van der Waals surface area (Å²) in [7, 11) is 0. The number of halogens is 2. The van der Waals surface area contributed by atoms with E-state index in [4.69, 9.17) is 4.74 Å². The van der Waals surface area contributed by atoms with Gasteiger partial charge in [-0.15, -0.1) is 0 Å². The highest BCUT2D eigenvalue weighted by molar-refractivity contribution is 6.08. The van der Waals surface area contributed by atoms with Crippen LogP contribution in [0.4, 0.5) is 14.5 Å². The standard InChI is InChI=1S/C20H20F2N2O3/c1-11(2)27-14-6-3-12(4-7-14)15-10-23-19(25)18(15)20(26)24-17-8-5-13(21)9-16(17)22/h3-9,11,15,18H,10H2,1-2H3,(H,23,25)(H,24,26)/t15-,18-/m1/s1. The molecule has 1 heterocycles. The normalized spacial score (nSPS) is 19.1. The first kappa shape index (κ1) is 18.8. The van der Waals surface area contributed by atoms with Gasteiger partial charge in [-0.05, 0) is 43.7 Å². The zero-order valence-corrected chi connectivity index (χ0v) is 15.0. The molecule has 27 heavy (non-hydrogen) atoms. The van der Waals surface area contributed by atoms with E-state index in [1.807, 2.05) is 13.8 Å². The van der Waals surface area contributed by atoms with Gasteiger partial charge in [-0.1, -0.05) is 12.1 Å². The number of nitrogens with one attached hydrogen (secondary N) is 2. The predicted octanol–water partition coefficient (Wildman–Crippen LogP) is 3.22. The Kier molecular flexibility index (Phi) is 5.39. The third-order valence-corrected chi connectivity index (χ3v) is 4.33. The molecule has 1 fully saturated rings. The summed E-state index contributed by atoms with van der Waals surface area (Å²) in [6, 6.07) is 10.0. The summed E-state index contributed by atoms with van der Waals surface area (Å²) in [4.78, 5) is 24.8. The molecule has 0 spiro atoms. The molecule has 2 N–H and O–H groups in total. The second-order valence-corrected chi connectivity index (χ2v) is 6.68. The van der Waals surface area contributed by atoms with Crippen LogP contribution in [-0.4, -0.2) is 24.5 Å². The third-order valence-electron chi connectivity index (χ3n) is 4.33. The molecule has 0 radical (unpaired) electrons. The first-order chi connectivity index (χ1) is 12.8. The minimum Gasteiger partial charge on any atom is -0.491 e. The first-order valence-electron chi connectivity index (χ1n) is 8.65. The maximum atomic E-state index is 13.8. The quantitative estimate of drug-likeness (QED) is 0.790. The fourth-order valence-corrected chi connectivity index (χ4v) is 3.10. The molecule has 3 rings (SSSR count). The van der Waals surface area contributed by atoms with Crippen LogP contribution in [0.3, 0.4) is 0 Å². The molecule has 2 amide bonds. The van der Waals surface area contributed by atoms with Crippen LogP contribution < -0.4 is 15.4 Å². The second-order valence-electron chi connectivity index (χ2n) is 6.68. The van der Waals surface area contributed by atoms with E-state index in [9.17, 15) is 18.4 Å². The zero-order valence-electron chi connectivity index (χ0n) is 15.0. The van der Waals surface area contributed by atoms with Crippen LogP contribution in [0, 0.1) is 17.6 Å². The summed E-state index contributed by atoms with van der Waals surface area (Å²) >= 11 is 0. The van der Waals surface area contributed by atoms with E-state index in [1.54, 1.807) is 24.3 Å². The molecule has 0 aromatic heterocycles. The second kappa shape index (κ2) is 7.73. The highest BCUT2D eigenvalue weighted by Crippen LogP contribution is 2.31. The SMILES string of the molecule is CC(C)Oc1ccc([C@H]2CNC(=O)[C@@H]2C(=O)Nc2ccc(F)cc2F)cc1. The van der Waals surface area contributed by atoms with Crippen molar-refractivity contribution < 1.29 is 23.1 Å². The molecule has 1 aliphatic rings. The number of hydrogen-bond donors (Lipinski definition) is 2. The molecule has 1 saturated heterocycles. The van der Waals surface area contributed by atoms with Gasteiger partial charge in [0.2, 0.25) is 11.8 Å². The van der Waals surface area contributed by atoms with Crippen molar-refractivity contribution in [2.45, 2.75) is 25.9 Å². The van der Waals surface area contributed by atoms with Crippen molar-refractivity contribution in [3.05, 3.63) is 59.7 Å². The Hall–Kier alpha value is -2.96. The van der Waals surface area contributed by atoms with E-state index in [0.717, 1.165) is 17.7 Å². The topological polar surface area (TPSA) is 67.4 Å². The third kappa shape index (κ3) is 4.24. The molecular formula is C20H20F2N2O3. The summed E-state index contributed by atoms with van der Waals surface area (Å²) in [6.07, 6.45) is 0.0368. The van der Waals surface area contributed by atoms with Crippen LogP contribution in [0.1, 0.15) is 25.3 Å². The van der Waals surface area contributed by atoms with Gasteiger partial charge in [0.25, 0.3) is 0 Å².